The van der Waals surface area contributed by atoms with Crippen LogP contribution in [0.5, 0.6) is 5.75 Å². The van der Waals surface area contributed by atoms with E-state index in [1.165, 1.54) is 16.7 Å². The third-order valence-electron chi connectivity index (χ3n) is 2.68. The van der Waals surface area contributed by atoms with Gasteiger partial charge in [-0.2, -0.15) is 8.78 Å². The lowest BCUT2D eigenvalue weighted by molar-refractivity contribution is -0.0504. The molecule has 0 bridgehead atoms. The SMILES string of the molecule is Cc1ccn(Cc2ccccc2OC(F)F)c(=O)c1. The number of ether oxygens (including phenoxy) is 1. The van der Waals surface area contributed by atoms with Crippen LogP contribution in [0.3, 0.4) is 0 Å². The molecule has 0 N–H and O–H groups in total. The molecule has 1 heterocycles. The Balaban J connectivity index is 2.30. The molecule has 5 heteroatoms. The first-order chi connectivity index (χ1) is 9.06. The van der Waals surface area contributed by atoms with E-state index in [2.05, 4.69) is 4.74 Å². The van der Waals surface area contributed by atoms with Gasteiger partial charge >= 0.3 is 6.61 Å². The molecular formula is C14H13F2NO2. The van der Waals surface area contributed by atoms with E-state index in [0.717, 1.165) is 5.56 Å². The Bertz CT molecular complexity index is 623. The second kappa shape index (κ2) is 5.65. The van der Waals surface area contributed by atoms with Gasteiger partial charge in [0.1, 0.15) is 5.75 Å². The van der Waals surface area contributed by atoms with Crippen LogP contribution >= 0.6 is 0 Å². The molecule has 1 aromatic heterocycles. The van der Waals surface area contributed by atoms with E-state index in [1.807, 2.05) is 6.92 Å². The van der Waals surface area contributed by atoms with Crippen molar-refractivity contribution >= 4 is 0 Å². The highest BCUT2D eigenvalue weighted by atomic mass is 19.3. The van der Waals surface area contributed by atoms with E-state index in [4.69, 9.17) is 0 Å². The quantitative estimate of drug-likeness (QED) is 0.851. The van der Waals surface area contributed by atoms with Crippen LogP contribution < -0.4 is 10.3 Å². The third-order valence-corrected chi connectivity index (χ3v) is 2.68. The fourth-order valence-corrected chi connectivity index (χ4v) is 1.77. The lowest BCUT2D eigenvalue weighted by Gasteiger charge is -2.11. The maximum atomic E-state index is 12.3. The first kappa shape index (κ1) is 13.3. The lowest BCUT2D eigenvalue weighted by Crippen LogP contribution is -2.19. The molecule has 0 aliphatic rings. The first-order valence-corrected chi connectivity index (χ1v) is 5.76. The molecule has 0 fully saturated rings. The van der Waals surface area contributed by atoms with Crippen LogP contribution in [0.25, 0.3) is 0 Å². The predicted octanol–water partition coefficient (Wildman–Crippen LogP) is 2.81. The molecule has 0 spiro atoms. The zero-order valence-corrected chi connectivity index (χ0v) is 10.3. The van der Waals surface area contributed by atoms with E-state index >= 15 is 0 Å². The van der Waals surface area contributed by atoms with Crippen LogP contribution in [0.4, 0.5) is 8.78 Å². The summed E-state index contributed by atoms with van der Waals surface area (Å²) in [4.78, 5) is 11.8. The summed E-state index contributed by atoms with van der Waals surface area (Å²) >= 11 is 0. The number of benzene rings is 1. The van der Waals surface area contributed by atoms with Gasteiger partial charge in [-0.05, 0) is 24.6 Å². The molecule has 0 radical (unpaired) electrons. The molecule has 0 aliphatic heterocycles. The van der Waals surface area contributed by atoms with Crippen LogP contribution in [0.2, 0.25) is 0 Å². The van der Waals surface area contributed by atoms with E-state index < -0.39 is 6.61 Å². The lowest BCUT2D eigenvalue weighted by atomic mass is 10.2. The summed E-state index contributed by atoms with van der Waals surface area (Å²) in [6.45, 7) is -0.863. The summed E-state index contributed by atoms with van der Waals surface area (Å²) < 4.78 is 30.4. The third kappa shape index (κ3) is 3.40. The van der Waals surface area contributed by atoms with Crippen molar-refractivity contribution in [3.63, 3.8) is 0 Å². The first-order valence-electron chi connectivity index (χ1n) is 5.76. The highest BCUT2D eigenvalue weighted by molar-refractivity contribution is 5.33. The van der Waals surface area contributed by atoms with Crippen molar-refractivity contribution in [1.29, 1.82) is 0 Å². The van der Waals surface area contributed by atoms with E-state index in [9.17, 15) is 13.6 Å². The summed E-state index contributed by atoms with van der Waals surface area (Å²) in [5.74, 6) is 0.0879. The predicted molar refractivity (Wildman–Crippen MR) is 67.6 cm³/mol. The maximum absolute atomic E-state index is 12.3. The van der Waals surface area contributed by atoms with Gasteiger partial charge in [0.2, 0.25) is 0 Å². The molecule has 1 aromatic carbocycles. The summed E-state index contributed by atoms with van der Waals surface area (Å²) in [6.07, 6.45) is 1.64. The zero-order valence-electron chi connectivity index (χ0n) is 10.3. The number of halogens is 2. The average Bonchev–Trinajstić information content (AvgIpc) is 2.34. The Hall–Kier alpha value is -2.17. The number of rotatable bonds is 4. The molecule has 3 nitrogen and oxygen atoms in total. The largest absolute Gasteiger partial charge is 0.434 e. The van der Waals surface area contributed by atoms with Gasteiger partial charge in [-0.15, -0.1) is 0 Å². The van der Waals surface area contributed by atoms with Crippen molar-refractivity contribution in [2.45, 2.75) is 20.1 Å². The molecule has 0 amide bonds. The molecule has 0 aliphatic carbocycles. The monoisotopic (exact) mass is 265 g/mol. The fraction of sp³-hybridized carbons (Fsp3) is 0.214. The Morgan fingerprint density at radius 1 is 1.26 bits per heavy atom. The Kier molecular flexibility index (Phi) is 3.94. The number of alkyl halides is 2. The molecule has 0 atom stereocenters. The number of aromatic nitrogens is 1. The minimum atomic E-state index is -2.88. The van der Waals surface area contributed by atoms with Crippen molar-refractivity contribution < 1.29 is 13.5 Å². The van der Waals surface area contributed by atoms with E-state index in [-0.39, 0.29) is 17.9 Å². The van der Waals surface area contributed by atoms with Crippen molar-refractivity contribution in [2.24, 2.45) is 0 Å². The van der Waals surface area contributed by atoms with Gasteiger partial charge in [-0.1, -0.05) is 18.2 Å². The smallest absolute Gasteiger partial charge is 0.387 e. The number of hydrogen-bond donors (Lipinski definition) is 0. The molecule has 0 saturated carbocycles. The van der Waals surface area contributed by atoms with Gasteiger partial charge in [0, 0.05) is 17.8 Å². The van der Waals surface area contributed by atoms with Gasteiger partial charge in [0.05, 0.1) is 6.54 Å². The normalized spacial score (nSPS) is 10.7. The van der Waals surface area contributed by atoms with Crippen molar-refractivity contribution in [2.75, 3.05) is 0 Å². The van der Waals surface area contributed by atoms with Crippen molar-refractivity contribution in [1.82, 2.24) is 4.57 Å². The minimum Gasteiger partial charge on any atom is -0.434 e. The highest BCUT2D eigenvalue weighted by Crippen LogP contribution is 2.20. The van der Waals surface area contributed by atoms with Gasteiger partial charge < -0.3 is 9.30 Å². The van der Waals surface area contributed by atoms with Crippen LogP contribution in [0.1, 0.15) is 11.1 Å². The fourth-order valence-electron chi connectivity index (χ4n) is 1.77. The van der Waals surface area contributed by atoms with Gasteiger partial charge in [-0.3, -0.25) is 4.79 Å². The maximum Gasteiger partial charge on any atom is 0.387 e. The second-order valence-electron chi connectivity index (χ2n) is 4.16. The van der Waals surface area contributed by atoms with Crippen molar-refractivity contribution in [3.05, 3.63) is 64.1 Å². The summed E-state index contributed by atoms with van der Waals surface area (Å²) in [5, 5.41) is 0. The van der Waals surface area contributed by atoms with Crippen LogP contribution in [0.15, 0.2) is 47.4 Å². The molecule has 0 unspecified atom stereocenters. The number of para-hydroxylation sites is 1. The topological polar surface area (TPSA) is 31.2 Å². The van der Waals surface area contributed by atoms with Gasteiger partial charge in [-0.25, -0.2) is 0 Å². The van der Waals surface area contributed by atoms with Crippen LogP contribution in [-0.4, -0.2) is 11.2 Å². The minimum absolute atomic E-state index is 0.0879. The Morgan fingerprint density at radius 3 is 2.68 bits per heavy atom. The molecule has 100 valence electrons. The molecule has 2 rings (SSSR count). The number of aryl methyl sites for hydroxylation is 1. The zero-order chi connectivity index (χ0) is 13.8. The van der Waals surface area contributed by atoms with Crippen LogP contribution in [0, 0.1) is 6.92 Å². The average molecular weight is 265 g/mol. The van der Waals surface area contributed by atoms with E-state index in [1.54, 1.807) is 30.5 Å². The molecule has 2 aromatic rings. The summed E-state index contributed by atoms with van der Waals surface area (Å²) in [6, 6.07) is 9.73. The second-order valence-corrected chi connectivity index (χ2v) is 4.16. The Morgan fingerprint density at radius 2 is 2.00 bits per heavy atom. The van der Waals surface area contributed by atoms with Crippen molar-refractivity contribution in [3.8, 4) is 5.75 Å². The molecule has 19 heavy (non-hydrogen) atoms. The van der Waals surface area contributed by atoms with Crippen LogP contribution in [-0.2, 0) is 6.54 Å². The number of nitrogens with zero attached hydrogens (tertiary/aromatic N) is 1. The van der Waals surface area contributed by atoms with Gasteiger partial charge in [0.25, 0.3) is 5.56 Å². The molecule has 0 saturated heterocycles. The number of pyridine rings is 1. The summed E-state index contributed by atoms with van der Waals surface area (Å²) in [7, 11) is 0. The highest BCUT2D eigenvalue weighted by Gasteiger charge is 2.09. The Labute approximate surface area is 109 Å². The summed E-state index contributed by atoms with van der Waals surface area (Å²) in [5.41, 5.74) is 1.22. The molecular weight excluding hydrogens is 252 g/mol. The van der Waals surface area contributed by atoms with E-state index in [0.29, 0.717) is 5.56 Å². The standard InChI is InChI=1S/C14H13F2NO2/c1-10-6-7-17(13(18)8-10)9-11-4-2-3-5-12(11)19-14(15)16/h2-8,14H,9H2,1H3. The van der Waals surface area contributed by atoms with Gasteiger partial charge in [0.15, 0.2) is 0 Å². The number of hydrogen-bond acceptors (Lipinski definition) is 2.